The van der Waals surface area contributed by atoms with Crippen molar-refractivity contribution in [3.05, 3.63) is 50.1 Å². The first-order chi connectivity index (χ1) is 10.5. The molecule has 0 spiro atoms. The lowest BCUT2D eigenvalue weighted by Gasteiger charge is -2.28. The van der Waals surface area contributed by atoms with Gasteiger partial charge in [0.2, 0.25) is 5.82 Å². The Hall–Kier alpha value is -2.66. The summed E-state index contributed by atoms with van der Waals surface area (Å²) in [5, 5.41) is 20.7. The first-order valence-electron chi connectivity index (χ1n) is 6.51. The van der Waals surface area contributed by atoms with Gasteiger partial charge in [-0.1, -0.05) is 6.07 Å². The van der Waals surface area contributed by atoms with Gasteiger partial charge < -0.3 is 10.6 Å². The third-order valence-electron chi connectivity index (χ3n) is 3.68. The summed E-state index contributed by atoms with van der Waals surface area (Å²) in [7, 11) is 0. The molecule has 0 fully saturated rings. The Balaban J connectivity index is 2.01. The zero-order valence-electron chi connectivity index (χ0n) is 11.4. The van der Waals surface area contributed by atoms with Crippen molar-refractivity contribution in [2.24, 2.45) is 0 Å². The van der Waals surface area contributed by atoms with E-state index in [1.54, 1.807) is 4.90 Å². The highest BCUT2D eigenvalue weighted by molar-refractivity contribution is 7.16. The maximum atomic E-state index is 13.7. The number of fused-ring (bicyclic) bond motifs is 1. The molecule has 2 N–H and O–H groups in total. The molecule has 8 heteroatoms. The van der Waals surface area contributed by atoms with Crippen LogP contribution in [0.3, 0.4) is 0 Å². The van der Waals surface area contributed by atoms with Gasteiger partial charge in [-0.2, -0.15) is 9.65 Å². The van der Waals surface area contributed by atoms with Crippen molar-refractivity contribution in [2.45, 2.75) is 13.0 Å². The van der Waals surface area contributed by atoms with Gasteiger partial charge in [-0.05, 0) is 24.1 Å². The van der Waals surface area contributed by atoms with Gasteiger partial charge in [0.05, 0.1) is 17.0 Å². The Morgan fingerprint density at radius 3 is 2.95 bits per heavy atom. The highest BCUT2D eigenvalue weighted by Gasteiger charge is 2.29. The third-order valence-corrected chi connectivity index (χ3v) is 4.73. The SMILES string of the molecule is N#Cc1c(N)sc2c1CCN(c1cccc(F)c1[N+](=O)[O-])C2. The molecule has 1 aromatic heterocycles. The molecule has 6 nitrogen and oxygen atoms in total. The molecule has 0 saturated heterocycles. The lowest BCUT2D eigenvalue weighted by atomic mass is 10.0. The number of nitriles is 1. The summed E-state index contributed by atoms with van der Waals surface area (Å²) in [6, 6.07) is 6.16. The van der Waals surface area contributed by atoms with Crippen LogP contribution < -0.4 is 10.6 Å². The largest absolute Gasteiger partial charge is 0.389 e. The van der Waals surface area contributed by atoms with Crippen molar-refractivity contribution in [1.82, 2.24) is 0 Å². The van der Waals surface area contributed by atoms with Crippen molar-refractivity contribution in [1.29, 1.82) is 5.26 Å². The number of nitrogens with zero attached hydrogens (tertiary/aromatic N) is 3. The van der Waals surface area contributed by atoms with Crippen LogP contribution in [0, 0.1) is 27.3 Å². The Labute approximate surface area is 129 Å². The highest BCUT2D eigenvalue weighted by Crippen LogP contribution is 2.38. The van der Waals surface area contributed by atoms with E-state index < -0.39 is 16.4 Å². The minimum Gasteiger partial charge on any atom is -0.389 e. The number of rotatable bonds is 2. The zero-order chi connectivity index (χ0) is 15.9. The molecule has 2 heterocycles. The number of para-hydroxylation sites is 1. The summed E-state index contributed by atoms with van der Waals surface area (Å²) in [5.41, 5.74) is 6.96. The van der Waals surface area contributed by atoms with Crippen molar-refractivity contribution < 1.29 is 9.31 Å². The van der Waals surface area contributed by atoms with Crippen LogP contribution in [0.4, 0.5) is 20.8 Å². The third kappa shape index (κ3) is 2.16. The molecule has 0 bridgehead atoms. The highest BCUT2D eigenvalue weighted by atomic mass is 32.1. The van der Waals surface area contributed by atoms with Crippen LogP contribution in [-0.2, 0) is 13.0 Å². The van der Waals surface area contributed by atoms with E-state index in [1.165, 1.54) is 23.5 Å². The van der Waals surface area contributed by atoms with Crippen LogP contribution in [0.25, 0.3) is 0 Å². The molecule has 0 amide bonds. The van der Waals surface area contributed by atoms with E-state index in [-0.39, 0.29) is 5.69 Å². The Kier molecular flexibility index (Phi) is 3.42. The summed E-state index contributed by atoms with van der Waals surface area (Å²) in [6.45, 7) is 0.859. The Bertz CT molecular complexity index is 812. The van der Waals surface area contributed by atoms with E-state index in [0.717, 1.165) is 16.5 Å². The number of thiophene rings is 1. The second-order valence-corrected chi connectivity index (χ2v) is 6.03. The number of nitro groups is 1. The van der Waals surface area contributed by atoms with Crippen LogP contribution >= 0.6 is 11.3 Å². The number of hydrogen-bond acceptors (Lipinski definition) is 6. The quantitative estimate of drug-likeness (QED) is 0.678. The molecule has 2 aromatic rings. The second kappa shape index (κ2) is 5.27. The fourth-order valence-electron chi connectivity index (χ4n) is 2.69. The molecular weight excluding hydrogens is 307 g/mol. The van der Waals surface area contributed by atoms with Crippen LogP contribution in [-0.4, -0.2) is 11.5 Å². The number of nitrogens with two attached hydrogens (primary N) is 1. The predicted octanol–water partition coefficient (Wildman–Crippen LogP) is 2.81. The van der Waals surface area contributed by atoms with Crippen molar-refractivity contribution in [3.63, 3.8) is 0 Å². The van der Waals surface area contributed by atoms with Gasteiger partial charge in [0, 0.05) is 11.4 Å². The summed E-state index contributed by atoms with van der Waals surface area (Å²) in [6.07, 6.45) is 0.555. The molecule has 0 unspecified atom stereocenters. The Morgan fingerprint density at radius 1 is 1.50 bits per heavy atom. The van der Waals surface area contributed by atoms with Crippen molar-refractivity contribution in [2.75, 3.05) is 17.2 Å². The summed E-state index contributed by atoms with van der Waals surface area (Å²) >= 11 is 1.31. The first-order valence-corrected chi connectivity index (χ1v) is 7.32. The topological polar surface area (TPSA) is 96.2 Å². The predicted molar refractivity (Wildman–Crippen MR) is 81.3 cm³/mol. The van der Waals surface area contributed by atoms with Gasteiger partial charge in [0.15, 0.2) is 0 Å². The van der Waals surface area contributed by atoms with E-state index in [1.807, 2.05) is 0 Å². The molecule has 1 aliphatic rings. The average Bonchev–Trinajstić information content (AvgIpc) is 2.80. The van der Waals surface area contributed by atoms with Crippen LogP contribution in [0.15, 0.2) is 18.2 Å². The second-order valence-electron chi connectivity index (χ2n) is 4.89. The van der Waals surface area contributed by atoms with Gasteiger partial charge in [-0.25, -0.2) is 0 Å². The van der Waals surface area contributed by atoms with Gasteiger partial charge in [0.25, 0.3) is 0 Å². The zero-order valence-corrected chi connectivity index (χ0v) is 12.2. The van der Waals surface area contributed by atoms with Gasteiger partial charge in [-0.3, -0.25) is 10.1 Å². The lowest BCUT2D eigenvalue weighted by Crippen LogP contribution is -2.30. The van der Waals surface area contributed by atoms with E-state index in [2.05, 4.69) is 6.07 Å². The van der Waals surface area contributed by atoms with Gasteiger partial charge >= 0.3 is 5.69 Å². The minimum atomic E-state index is -0.850. The molecule has 0 radical (unpaired) electrons. The molecule has 0 atom stereocenters. The van der Waals surface area contributed by atoms with Crippen LogP contribution in [0.5, 0.6) is 0 Å². The smallest absolute Gasteiger partial charge is 0.327 e. The minimum absolute atomic E-state index is 0.251. The van der Waals surface area contributed by atoms with Crippen LogP contribution in [0.2, 0.25) is 0 Å². The van der Waals surface area contributed by atoms with Gasteiger partial charge in [0.1, 0.15) is 16.8 Å². The number of nitrogen functional groups attached to an aromatic ring is 1. The number of anilines is 2. The molecule has 1 aromatic carbocycles. The van der Waals surface area contributed by atoms with E-state index in [4.69, 9.17) is 11.0 Å². The van der Waals surface area contributed by atoms with Gasteiger partial charge in [-0.15, -0.1) is 11.3 Å². The maximum Gasteiger partial charge on any atom is 0.327 e. The summed E-state index contributed by atoms with van der Waals surface area (Å²) < 4.78 is 13.7. The lowest BCUT2D eigenvalue weighted by molar-refractivity contribution is -0.386. The van der Waals surface area contributed by atoms with Crippen molar-refractivity contribution in [3.8, 4) is 6.07 Å². The standard InChI is InChI=1S/C14H11FN4O2S/c15-10-2-1-3-11(13(10)19(20)21)18-5-4-8-9(6-16)14(17)22-12(8)7-18/h1-3H,4-5,7,17H2. The molecule has 1 aliphatic heterocycles. The molecule has 3 rings (SSSR count). The van der Waals surface area contributed by atoms with E-state index in [0.29, 0.717) is 30.1 Å². The fraction of sp³-hybridized carbons (Fsp3) is 0.214. The summed E-state index contributed by atoms with van der Waals surface area (Å²) in [5.74, 6) is -0.850. The number of halogens is 1. The van der Waals surface area contributed by atoms with Crippen molar-refractivity contribution >= 4 is 27.7 Å². The summed E-state index contributed by atoms with van der Waals surface area (Å²) in [4.78, 5) is 13.1. The maximum absolute atomic E-state index is 13.7. The number of hydrogen-bond donors (Lipinski definition) is 1. The fourth-order valence-corrected chi connectivity index (χ4v) is 3.78. The number of nitro benzene ring substituents is 1. The average molecular weight is 318 g/mol. The van der Waals surface area contributed by atoms with Crippen LogP contribution in [0.1, 0.15) is 16.0 Å². The van der Waals surface area contributed by atoms with E-state index >= 15 is 0 Å². The first kappa shape index (κ1) is 14.3. The molecule has 112 valence electrons. The Morgan fingerprint density at radius 2 is 2.27 bits per heavy atom. The molecule has 0 saturated carbocycles. The molecule has 22 heavy (non-hydrogen) atoms. The normalized spacial score (nSPS) is 13.5. The number of benzene rings is 1. The molecular formula is C14H11FN4O2S. The molecule has 0 aliphatic carbocycles. The monoisotopic (exact) mass is 318 g/mol. The van der Waals surface area contributed by atoms with E-state index in [9.17, 15) is 14.5 Å².